The lowest BCUT2D eigenvalue weighted by Crippen LogP contribution is -2.27. The van der Waals surface area contributed by atoms with Crippen LogP contribution < -0.4 is 5.32 Å². The van der Waals surface area contributed by atoms with E-state index in [1.165, 1.54) is 0 Å². The molecule has 1 aromatic rings. The Bertz CT molecular complexity index is 312. The number of nitrogens with one attached hydrogen (secondary N) is 1. The molecule has 0 spiro atoms. The van der Waals surface area contributed by atoms with Crippen LogP contribution in [0.2, 0.25) is 5.02 Å². The van der Waals surface area contributed by atoms with E-state index in [2.05, 4.69) is 5.32 Å². The molecule has 1 rings (SSSR count). The number of aliphatic hydroxyl groups is 1. The largest absolute Gasteiger partial charge is 0.391 e. The summed E-state index contributed by atoms with van der Waals surface area (Å²) in [5.74, 6) is 0. The smallest absolute Gasteiger partial charge is 0.0710 e. The fourth-order valence-corrected chi connectivity index (χ4v) is 1.29. The summed E-state index contributed by atoms with van der Waals surface area (Å²) in [7, 11) is 0. The maximum atomic E-state index is 9.34. The molecule has 2 nitrogen and oxygen atoms in total. The molecule has 0 amide bonds. The highest BCUT2D eigenvalue weighted by molar-refractivity contribution is 6.33. The summed E-state index contributed by atoms with van der Waals surface area (Å²) in [6, 6.07) is 5.78. The summed E-state index contributed by atoms with van der Waals surface area (Å²) >= 11 is 6.00. The van der Waals surface area contributed by atoms with E-state index in [4.69, 9.17) is 11.6 Å². The van der Waals surface area contributed by atoms with Gasteiger partial charge in [0.2, 0.25) is 0 Å². The van der Waals surface area contributed by atoms with Gasteiger partial charge in [0.25, 0.3) is 0 Å². The molecule has 0 heterocycles. The van der Waals surface area contributed by atoms with Gasteiger partial charge in [0.15, 0.2) is 0 Å². The van der Waals surface area contributed by atoms with Gasteiger partial charge in [-0.15, -0.1) is 0 Å². The Hall–Kier alpha value is -0.730. The van der Waals surface area contributed by atoms with Crippen molar-refractivity contribution < 1.29 is 5.11 Å². The van der Waals surface area contributed by atoms with E-state index < -0.39 is 6.10 Å². The molecule has 2 unspecified atom stereocenters. The van der Waals surface area contributed by atoms with E-state index in [0.717, 1.165) is 11.3 Å². The van der Waals surface area contributed by atoms with Gasteiger partial charge < -0.3 is 10.4 Å². The fraction of sp³-hybridized carbons (Fsp3) is 0.455. The van der Waals surface area contributed by atoms with Gasteiger partial charge in [0, 0.05) is 6.04 Å². The van der Waals surface area contributed by atoms with Gasteiger partial charge in [-0.1, -0.05) is 17.7 Å². The van der Waals surface area contributed by atoms with Crippen molar-refractivity contribution in [3.8, 4) is 0 Å². The van der Waals surface area contributed by atoms with E-state index in [1.54, 1.807) is 6.92 Å². The van der Waals surface area contributed by atoms with E-state index in [1.807, 2.05) is 32.0 Å². The number of halogens is 1. The molecular weight excluding hydrogens is 198 g/mol. The minimum atomic E-state index is -0.397. The Labute approximate surface area is 89.9 Å². The third-order valence-electron chi connectivity index (χ3n) is 2.23. The minimum Gasteiger partial charge on any atom is -0.391 e. The van der Waals surface area contributed by atoms with E-state index >= 15 is 0 Å². The molecule has 2 N–H and O–H groups in total. The average molecular weight is 214 g/mol. The molecule has 0 radical (unpaired) electrons. The SMILES string of the molecule is Cc1ccc(Cl)c(NC(C)C(C)O)c1. The molecule has 2 atom stereocenters. The summed E-state index contributed by atoms with van der Waals surface area (Å²) < 4.78 is 0. The molecule has 0 aliphatic carbocycles. The first kappa shape index (κ1) is 11.3. The molecule has 0 aromatic heterocycles. The summed E-state index contributed by atoms with van der Waals surface area (Å²) in [5, 5.41) is 13.2. The Kier molecular flexibility index (Phi) is 3.78. The van der Waals surface area contributed by atoms with Gasteiger partial charge in [-0.25, -0.2) is 0 Å². The summed E-state index contributed by atoms with van der Waals surface area (Å²) in [6.45, 7) is 5.68. The minimum absolute atomic E-state index is 0.00528. The number of aryl methyl sites for hydroxylation is 1. The Morgan fingerprint density at radius 1 is 1.36 bits per heavy atom. The molecule has 0 fully saturated rings. The zero-order valence-corrected chi connectivity index (χ0v) is 9.47. The molecule has 0 saturated carbocycles. The highest BCUT2D eigenvalue weighted by Gasteiger charge is 2.09. The molecule has 1 aromatic carbocycles. The quantitative estimate of drug-likeness (QED) is 0.810. The van der Waals surface area contributed by atoms with Crippen molar-refractivity contribution in [1.82, 2.24) is 0 Å². The van der Waals surface area contributed by atoms with Gasteiger partial charge in [-0.05, 0) is 38.5 Å². The summed E-state index contributed by atoms with van der Waals surface area (Å²) in [5.41, 5.74) is 2.02. The van der Waals surface area contributed by atoms with Crippen molar-refractivity contribution in [2.24, 2.45) is 0 Å². The highest BCUT2D eigenvalue weighted by atomic mass is 35.5. The molecule has 0 bridgehead atoms. The van der Waals surface area contributed by atoms with E-state index in [-0.39, 0.29) is 6.04 Å². The number of anilines is 1. The third kappa shape index (κ3) is 2.89. The first-order valence-corrected chi connectivity index (χ1v) is 5.09. The Balaban J connectivity index is 2.80. The maximum Gasteiger partial charge on any atom is 0.0710 e. The van der Waals surface area contributed by atoms with Crippen molar-refractivity contribution in [2.75, 3.05) is 5.32 Å². The lowest BCUT2D eigenvalue weighted by atomic mass is 10.1. The van der Waals surface area contributed by atoms with Crippen LogP contribution >= 0.6 is 11.6 Å². The predicted octanol–water partition coefficient (Wildman–Crippen LogP) is 2.83. The third-order valence-corrected chi connectivity index (χ3v) is 2.56. The van der Waals surface area contributed by atoms with Gasteiger partial charge >= 0.3 is 0 Å². The second-order valence-corrected chi connectivity index (χ2v) is 4.06. The number of hydrogen-bond acceptors (Lipinski definition) is 2. The number of aliphatic hydroxyl groups excluding tert-OH is 1. The Morgan fingerprint density at radius 3 is 2.57 bits per heavy atom. The summed E-state index contributed by atoms with van der Waals surface area (Å²) in [4.78, 5) is 0. The zero-order valence-electron chi connectivity index (χ0n) is 8.71. The normalized spacial score (nSPS) is 14.9. The Morgan fingerprint density at radius 2 is 2.00 bits per heavy atom. The average Bonchev–Trinajstić information content (AvgIpc) is 2.11. The molecule has 78 valence electrons. The number of benzene rings is 1. The summed E-state index contributed by atoms with van der Waals surface area (Å²) in [6.07, 6.45) is -0.397. The first-order valence-electron chi connectivity index (χ1n) is 4.71. The van der Waals surface area contributed by atoms with Crippen molar-refractivity contribution in [2.45, 2.75) is 32.9 Å². The second-order valence-electron chi connectivity index (χ2n) is 3.66. The van der Waals surface area contributed by atoms with Crippen molar-refractivity contribution in [3.05, 3.63) is 28.8 Å². The van der Waals surface area contributed by atoms with Gasteiger partial charge in [0.1, 0.15) is 0 Å². The van der Waals surface area contributed by atoms with Crippen LogP contribution in [0.5, 0.6) is 0 Å². The topological polar surface area (TPSA) is 32.3 Å². The molecule has 3 heteroatoms. The number of hydrogen-bond donors (Lipinski definition) is 2. The standard InChI is InChI=1S/C11H16ClNO/c1-7-4-5-10(12)11(6-7)13-8(2)9(3)14/h4-6,8-9,13-14H,1-3H3. The predicted molar refractivity (Wildman–Crippen MR) is 61.0 cm³/mol. The second kappa shape index (κ2) is 4.67. The van der Waals surface area contributed by atoms with Crippen LogP contribution in [0.15, 0.2) is 18.2 Å². The lowest BCUT2D eigenvalue weighted by Gasteiger charge is -2.19. The van der Waals surface area contributed by atoms with Gasteiger partial charge in [0.05, 0.1) is 16.8 Å². The van der Waals surface area contributed by atoms with Crippen LogP contribution in [0.1, 0.15) is 19.4 Å². The lowest BCUT2D eigenvalue weighted by molar-refractivity contribution is 0.178. The van der Waals surface area contributed by atoms with Crippen LogP contribution in [0.3, 0.4) is 0 Å². The molecule has 0 aliphatic heterocycles. The van der Waals surface area contributed by atoms with Crippen molar-refractivity contribution in [1.29, 1.82) is 0 Å². The fourth-order valence-electron chi connectivity index (χ4n) is 1.12. The van der Waals surface area contributed by atoms with Crippen LogP contribution in [-0.2, 0) is 0 Å². The van der Waals surface area contributed by atoms with Crippen molar-refractivity contribution >= 4 is 17.3 Å². The maximum absolute atomic E-state index is 9.34. The number of rotatable bonds is 3. The van der Waals surface area contributed by atoms with E-state index in [9.17, 15) is 5.11 Å². The van der Waals surface area contributed by atoms with Crippen molar-refractivity contribution in [3.63, 3.8) is 0 Å². The van der Waals surface area contributed by atoms with Crippen LogP contribution in [0.4, 0.5) is 5.69 Å². The zero-order chi connectivity index (χ0) is 10.7. The highest BCUT2D eigenvalue weighted by Crippen LogP contribution is 2.23. The van der Waals surface area contributed by atoms with Gasteiger partial charge in [-0.2, -0.15) is 0 Å². The van der Waals surface area contributed by atoms with Crippen LogP contribution in [0, 0.1) is 6.92 Å². The molecule has 0 aliphatic rings. The van der Waals surface area contributed by atoms with E-state index in [0.29, 0.717) is 5.02 Å². The molecular formula is C11H16ClNO. The van der Waals surface area contributed by atoms with Gasteiger partial charge in [-0.3, -0.25) is 0 Å². The first-order chi connectivity index (χ1) is 6.50. The monoisotopic (exact) mass is 213 g/mol. The van der Waals surface area contributed by atoms with Crippen LogP contribution in [-0.4, -0.2) is 17.3 Å². The molecule has 0 saturated heterocycles. The molecule has 14 heavy (non-hydrogen) atoms. The van der Waals surface area contributed by atoms with Crippen LogP contribution in [0.25, 0.3) is 0 Å².